The zero-order valence-electron chi connectivity index (χ0n) is 17.3. The summed E-state index contributed by atoms with van der Waals surface area (Å²) in [6.45, 7) is 0.588. The SMILES string of the molecule is O=C(N[C@@H](Cc1ccccc1)C(O)(c1ccccc1)c1ccccc1)[C@H]1NCC[C@@H]1O. The number of rotatable bonds is 7. The number of aliphatic hydroxyl groups excluding tert-OH is 1. The number of hydrogen-bond donors (Lipinski definition) is 4. The summed E-state index contributed by atoms with van der Waals surface area (Å²) in [5.74, 6) is -0.309. The van der Waals surface area contributed by atoms with Gasteiger partial charge >= 0.3 is 0 Å². The van der Waals surface area contributed by atoms with Gasteiger partial charge in [0.1, 0.15) is 11.6 Å². The lowest BCUT2D eigenvalue weighted by molar-refractivity contribution is -0.127. The molecule has 1 heterocycles. The van der Waals surface area contributed by atoms with Gasteiger partial charge in [-0.2, -0.15) is 0 Å². The van der Waals surface area contributed by atoms with Crippen molar-refractivity contribution in [3.63, 3.8) is 0 Å². The maximum Gasteiger partial charge on any atom is 0.240 e. The van der Waals surface area contributed by atoms with Crippen molar-refractivity contribution in [2.75, 3.05) is 6.54 Å². The summed E-state index contributed by atoms with van der Waals surface area (Å²) in [5, 5.41) is 28.6. The van der Waals surface area contributed by atoms with Gasteiger partial charge in [-0.3, -0.25) is 4.79 Å². The van der Waals surface area contributed by atoms with Gasteiger partial charge in [-0.25, -0.2) is 0 Å². The molecule has 3 atom stereocenters. The van der Waals surface area contributed by atoms with Gasteiger partial charge in [0, 0.05) is 0 Å². The fourth-order valence-electron chi connectivity index (χ4n) is 4.32. The van der Waals surface area contributed by atoms with Crippen molar-refractivity contribution in [2.24, 2.45) is 0 Å². The van der Waals surface area contributed by atoms with E-state index in [4.69, 9.17) is 0 Å². The average molecular weight is 417 g/mol. The van der Waals surface area contributed by atoms with Crippen LogP contribution < -0.4 is 10.6 Å². The summed E-state index contributed by atoms with van der Waals surface area (Å²) in [6.07, 6.45) is 0.220. The third-order valence-electron chi connectivity index (χ3n) is 6.00. The molecule has 4 rings (SSSR count). The van der Waals surface area contributed by atoms with E-state index in [0.29, 0.717) is 30.5 Å². The summed E-state index contributed by atoms with van der Waals surface area (Å²) in [4.78, 5) is 13.1. The Morgan fingerprint density at radius 3 is 1.94 bits per heavy atom. The Hall–Kier alpha value is -2.99. The second-order valence-electron chi connectivity index (χ2n) is 8.04. The number of nitrogens with one attached hydrogen (secondary N) is 2. The lowest BCUT2D eigenvalue weighted by Crippen LogP contribution is -2.57. The van der Waals surface area contributed by atoms with E-state index in [2.05, 4.69) is 10.6 Å². The molecule has 1 aliphatic rings. The van der Waals surface area contributed by atoms with Gasteiger partial charge in [0.05, 0.1) is 12.1 Å². The molecular weight excluding hydrogens is 388 g/mol. The summed E-state index contributed by atoms with van der Waals surface area (Å²) >= 11 is 0. The Labute approximate surface area is 182 Å². The zero-order valence-corrected chi connectivity index (χ0v) is 17.3. The van der Waals surface area contributed by atoms with Crippen LogP contribution in [0, 0.1) is 0 Å². The minimum Gasteiger partial charge on any atom is -0.391 e. The molecule has 3 aromatic rings. The first-order chi connectivity index (χ1) is 15.1. The van der Waals surface area contributed by atoms with E-state index >= 15 is 0 Å². The van der Waals surface area contributed by atoms with Crippen molar-refractivity contribution in [2.45, 2.75) is 36.6 Å². The predicted octanol–water partition coefficient (Wildman–Crippen LogP) is 2.37. The topological polar surface area (TPSA) is 81.6 Å². The molecule has 0 unspecified atom stereocenters. The molecule has 5 heteroatoms. The Morgan fingerprint density at radius 1 is 0.935 bits per heavy atom. The summed E-state index contributed by atoms with van der Waals surface area (Å²) in [6, 6.07) is 27.3. The highest BCUT2D eigenvalue weighted by atomic mass is 16.3. The van der Waals surface area contributed by atoms with Crippen molar-refractivity contribution in [1.29, 1.82) is 0 Å². The molecule has 0 aliphatic carbocycles. The molecule has 1 aliphatic heterocycles. The highest BCUT2D eigenvalue weighted by Gasteiger charge is 2.43. The molecule has 5 nitrogen and oxygen atoms in total. The van der Waals surface area contributed by atoms with Crippen molar-refractivity contribution < 1.29 is 15.0 Å². The first kappa shape index (κ1) is 21.2. The highest BCUT2D eigenvalue weighted by Crippen LogP contribution is 2.35. The van der Waals surface area contributed by atoms with E-state index in [0.717, 1.165) is 5.56 Å². The van der Waals surface area contributed by atoms with Crippen LogP contribution in [-0.2, 0) is 16.8 Å². The van der Waals surface area contributed by atoms with Gasteiger partial charge in [-0.1, -0.05) is 91.0 Å². The molecule has 1 amide bonds. The lowest BCUT2D eigenvalue weighted by atomic mass is 9.77. The van der Waals surface area contributed by atoms with Gasteiger partial charge in [0.25, 0.3) is 0 Å². The molecule has 31 heavy (non-hydrogen) atoms. The van der Waals surface area contributed by atoms with Crippen molar-refractivity contribution >= 4 is 5.91 Å². The minimum atomic E-state index is -1.46. The second kappa shape index (κ2) is 9.43. The van der Waals surface area contributed by atoms with E-state index in [9.17, 15) is 15.0 Å². The van der Waals surface area contributed by atoms with E-state index in [-0.39, 0.29) is 5.91 Å². The molecular formula is C26H28N2O3. The summed E-state index contributed by atoms with van der Waals surface area (Å²) in [5.41, 5.74) is 0.931. The molecule has 0 aromatic heterocycles. The minimum absolute atomic E-state index is 0.309. The maximum atomic E-state index is 13.1. The molecule has 160 valence electrons. The number of amides is 1. The maximum absolute atomic E-state index is 13.1. The van der Waals surface area contributed by atoms with Gasteiger partial charge in [-0.15, -0.1) is 0 Å². The normalized spacial score (nSPS) is 19.7. The number of aliphatic hydroxyl groups is 2. The predicted molar refractivity (Wildman–Crippen MR) is 120 cm³/mol. The number of carbonyl (C=O) groups excluding carboxylic acids is 1. The smallest absolute Gasteiger partial charge is 0.240 e. The Kier molecular flexibility index (Phi) is 6.47. The highest BCUT2D eigenvalue weighted by molar-refractivity contribution is 5.83. The molecule has 0 radical (unpaired) electrons. The number of carbonyl (C=O) groups is 1. The molecule has 3 aromatic carbocycles. The van der Waals surface area contributed by atoms with E-state index in [1.54, 1.807) is 0 Å². The zero-order chi connectivity index (χ0) is 21.7. The van der Waals surface area contributed by atoms with Gasteiger partial charge < -0.3 is 20.8 Å². The Morgan fingerprint density at radius 2 is 1.45 bits per heavy atom. The van der Waals surface area contributed by atoms with Crippen LogP contribution in [0.25, 0.3) is 0 Å². The van der Waals surface area contributed by atoms with Crippen LogP contribution in [0.3, 0.4) is 0 Å². The Balaban J connectivity index is 1.77. The van der Waals surface area contributed by atoms with Crippen LogP contribution in [0.4, 0.5) is 0 Å². The number of hydrogen-bond acceptors (Lipinski definition) is 4. The van der Waals surface area contributed by atoms with Gasteiger partial charge in [0.2, 0.25) is 5.91 Å². The van der Waals surface area contributed by atoms with Crippen molar-refractivity contribution in [3.05, 3.63) is 108 Å². The lowest BCUT2D eigenvalue weighted by Gasteiger charge is -2.38. The fourth-order valence-corrected chi connectivity index (χ4v) is 4.32. The van der Waals surface area contributed by atoms with Crippen LogP contribution in [0.5, 0.6) is 0 Å². The molecule has 1 saturated heterocycles. The molecule has 0 saturated carbocycles. The van der Waals surface area contributed by atoms with E-state index < -0.39 is 23.8 Å². The van der Waals surface area contributed by atoms with Crippen LogP contribution in [0.15, 0.2) is 91.0 Å². The molecule has 4 N–H and O–H groups in total. The quantitative estimate of drug-likeness (QED) is 0.477. The van der Waals surface area contributed by atoms with Crippen LogP contribution >= 0.6 is 0 Å². The third kappa shape index (κ3) is 4.54. The standard InChI is InChI=1S/C26H28N2O3/c29-22-16-17-27-24(22)25(30)28-23(18-19-10-4-1-5-11-19)26(31,20-12-6-2-7-13-20)21-14-8-3-9-15-21/h1-15,22-24,27,29,31H,16-18H2,(H,28,30)/t22-,23-,24-/m0/s1. The Bertz CT molecular complexity index is 940. The first-order valence-electron chi connectivity index (χ1n) is 10.7. The van der Waals surface area contributed by atoms with Crippen molar-refractivity contribution in [1.82, 2.24) is 10.6 Å². The monoisotopic (exact) mass is 416 g/mol. The van der Waals surface area contributed by atoms with Crippen LogP contribution in [-0.4, -0.2) is 40.9 Å². The van der Waals surface area contributed by atoms with Gasteiger partial charge in [-0.05, 0) is 36.1 Å². The largest absolute Gasteiger partial charge is 0.391 e. The summed E-state index contributed by atoms with van der Waals surface area (Å²) < 4.78 is 0. The molecule has 0 spiro atoms. The van der Waals surface area contributed by atoms with E-state index in [1.165, 1.54) is 0 Å². The van der Waals surface area contributed by atoms with Crippen LogP contribution in [0.2, 0.25) is 0 Å². The fraction of sp³-hybridized carbons (Fsp3) is 0.269. The number of benzene rings is 3. The average Bonchev–Trinajstić information content (AvgIpc) is 3.26. The van der Waals surface area contributed by atoms with E-state index in [1.807, 2.05) is 91.0 Å². The second-order valence-corrected chi connectivity index (χ2v) is 8.04. The van der Waals surface area contributed by atoms with Crippen molar-refractivity contribution in [3.8, 4) is 0 Å². The molecule has 0 bridgehead atoms. The van der Waals surface area contributed by atoms with Gasteiger partial charge in [0.15, 0.2) is 0 Å². The first-order valence-corrected chi connectivity index (χ1v) is 10.7. The molecule has 1 fully saturated rings. The third-order valence-corrected chi connectivity index (χ3v) is 6.00. The van der Waals surface area contributed by atoms with Crippen LogP contribution in [0.1, 0.15) is 23.1 Å². The summed E-state index contributed by atoms with van der Waals surface area (Å²) in [7, 11) is 0.